The zero-order valence-corrected chi connectivity index (χ0v) is 10.4. The van der Waals surface area contributed by atoms with Gasteiger partial charge in [0.05, 0.1) is 0 Å². The van der Waals surface area contributed by atoms with Gasteiger partial charge in [0.25, 0.3) is 0 Å². The summed E-state index contributed by atoms with van der Waals surface area (Å²) in [6, 6.07) is -0.773. The maximum absolute atomic E-state index is 11.9. The Bertz CT molecular complexity index is 272. The van der Waals surface area contributed by atoms with Crippen LogP contribution in [0.1, 0.15) is 33.1 Å². The van der Waals surface area contributed by atoms with Gasteiger partial charge in [-0.05, 0) is 25.2 Å². The Balaban J connectivity index is 2.47. The van der Waals surface area contributed by atoms with Crippen LogP contribution in [0, 0.1) is 11.8 Å². The SMILES string of the molecule is CC(C)C[C@H](NC(=O)C1CCOCC1)C(=O)O. The fraction of sp³-hybridized carbons (Fsp3) is 0.833. The monoisotopic (exact) mass is 243 g/mol. The summed E-state index contributed by atoms with van der Waals surface area (Å²) in [6.45, 7) is 5.05. The van der Waals surface area contributed by atoms with E-state index < -0.39 is 12.0 Å². The molecule has 17 heavy (non-hydrogen) atoms. The summed E-state index contributed by atoms with van der Waals surface area (Å²) in [4.78, 5) is 22.9. The molecule has 0 radical (unpaired) electrons. The molecule has 0 spiro atoms. The van der Waals surface area contributed by atoms with Gasteiger partial charge in [0, 0.05) is 19.1 Å². The van der Waals surface area contributed by atoms with E-state index in [-0.39, 0.29) is 17.7 Å². The summed E-state index contributed by atoms with van der Waals surface area (Å²) in [5, 5.41) is 11.7. The molecule has 1 fully saturated rings. The molecular weight excluding hydrogens is 222 g/mol. The van der Waals surface area contributed by atoms with Gasteiger partial charge in [-0.2, -0.15) is 0 Å². The van der Waals surface area contributed by atoms with Gasteiger partial charge in [-0.1, -0.05) is 13.8 Å². The Hall–Kier alpha value is -1.10. The maximum Gasteiger partial charge on any atom is 0.326 e. The van der Waals surface area contributed by atoms with Gasteiger partial charge >= 0.3 is 5.97 Å². The minimum atomic E-state index is -0.959. The van der Waals surface area contributed by atoms with Crippen LogP contribution in [0.5, 0.6) is 0 Å². The number of aliphatic carboxylic acids is 1. The van der Waals surface area contributed by atoms with Crippen molar-refractivity contribution >= 4 is 11.9 Å². The molecule has 2 N–H and O–H groups in total. The van der Waals surface area contributed by atoms with Crippen LogP contribution in [-0.4, -0.2) is 36.2 Å². The van der Waals surface area contributed by atoms with Gasteiger partial charge in [0.15, 0.2) is 0 Å². The average Bonchev–Trinajstić information content (AvgIpc) is 2.28. The largest absolute Gasteiger partial charge is 0.480 e. The molecule has 0 aromatic carbocycles. The molecule has 0 aliphatic carbocycles. The lowest BCUT2D eigenvalue weighted by Gasteiger charge is -2.24. The summed E-state index contributed by atoms with van der Waals surface area (Å²) < 4.78 is 5.17. The molecule has 1 rings (SSSR count). The van der Waals surface area contributed by atoms with Gasteiger partial charge in [-0.25, -0.2) is 4.79 Å². The Kier molecular flexibility index (Phi) is 5.41. The van der Waals surface area contributed by atoms with E-state index in [0.29, 0.717) is 32.5 Å². The number of carboxylic acids is 1. The summed E-state index contributed by atoms with van der Waals surface area (Å²) in [7, 11) is 0. The predicted octanol–water partition coefficient (Wildman–Crippen LogP) is 1.03. The summed E-state index contributed by atoms with van der Waals surface area (Å²) in [5.41, 5.74) is 0. The molecule has 98 valence electrons. The van der Waals surface area contributed by atoms with Gasteiger partial charge in [-0.15, -0.1) is 0 Å². The third-order valence-electron chi connectivity index (χ3n) is 2.91. The molecule has 1 amide bonds. The van der Waals surface area contributed by atoms with Gasteiger partial charge in [0.2, 0.25) is 5.91 Å². The van der Waals surface area contributed by atoms with Crippen molar-refractivity contribution in [1.82, 2.24) is 5.32 Å². The van der Waals surface area contributed by atoms with Crippen molar-refractivity contribution in [2.75, 3.05) is 13.2 Å². The lowest BCUT2D eigenvalue weighted by atomic mass is 9.97. The number of carbonyl (C=O) groups excluding carboxylic acids is 1. The second-order valence-electron chi connectivity index (χ2n) is 4.92. The molecule has 5 nitrogen and oxygen atoms in total. The average molecular weight is 243 g/mol. The fourth-order valence-electron chi connectivity index (χ4n) is 1.94. The number of amides is 1. The Morgan fingerprint density at radius 1 is 1.35 bits per heavy atom. The van der Waals surface area contributed by atoms with Crippen LogP contribution >= 0.6 is 0 Å². The van der Waals surface area contributed by atoms with Crippen molar-refractivity contribution in [3.05, 3.63) is 0 Å². The number of carboxylic acid groups (broad SMARTS) is 1. The van der Waals surface area contributed by atoms with Crippen LogP contribution in [0.3, 0.4) is 0 Å². The molecule has 1 atom stereocenters. The van der Waals surface area contributed by atoms with E-state index in [4.69, 9.17) is 9.84 Å². The van der Waals surface area contributed by atoms with Crippen molar-refractivity contribution in [3.8, 4) is 0 Å². The summed E-state index contributed by atoms with van der Waals surface area (Å²) in [6.07, 6.45) is 1.82. The van der Waals surface area contributed by atoms with Crippen LogP contribution in [0.15, 0.2) is 0 Å². The molecular formula is C12H21NO4. The first kappa shape index (κ1) is 14.0. The Morgan fingerprint density at radius 2 is 1.94 bits per heavy atom. The number of carbonyl (C=O) groups is 2. The molecule has 5 heteroatoms. The second-order valence-corrected chi connectivity index (χ2v) is 4.92. The third-order valence-corrected chi connectivity index (χ3v) is 2.91. The number of hydrogen-bond donors (Lipinski definition) is 2. The first-order valence-electron chi connectivity index (χ1n) is 6.11. The van der Waals surface area contributed by atoms with Gasteiger partial charge < -0.3 is 15.2 Å². The molecule has 1 heterocycles. The molecule has 0 aromatic heterocycles. The molecule has 1 aliphatic heterocycles. The number of rotatable bonds is 5. The number of ether oxygens (including phenoxy) is 1. The highest BCUT2D eigenvalue weighted by molar-refractivity contribution is 5.85. The highest BCUT2D eigenvalue weighted by Gasteiger charge is 2.26. The van der Waals surface area contributed by atoms with E-state index in [1.54, 1.807) is 0 Å². The second kappa shape index (κ2) is 6.59. The Morgan fingerprint density at radius 3 is 2.41 bits per heavy atom. The van der Waals surface area contributed by atoms with E-state index in [0.717, 1.165) is 0 Å². The van der Waals surface area contributed by atoms with E-state index in [2.05, 4.69) is 5.32 Å². The summed E-state index contributed by atoms with van der Waals surface area (Å²) >= 11 is 0. The van der Waals surface area contributed by atoms with E-state index in [1.807, 2.05) is 13.8 Å². The molecule has 0 saturated carbocycles. The van der Waals surface area contributed by atoms with Gasteiger partial charge in [-0.3, -0.25) is 4.79 Å². The zero-order valence-electron chi connectivity index (χ0n) is 10.4. The van der Waals surface area contributed by atoms with Crippen molar-refractivity contribution in [2.24, 2.45) is 11.8 Å². The quantitative estimate of drug-likeness (QED) is 0.756. The summed E-state index contributed by atoms with van der Waals surface area (Å²) in [5.74, 6) is -0.968. The van der Waals surface area contributed by atoms with Crippen LogP contribution in [0.4, 0.5) is 0 Å². The van der Waals surface area contributed by atoms with E-state index in [9.17, 15) is 9.59 Å². The molecule has 1 aliphatic rings. The zero-order chi connectivity index (χ0) is 12.8. The van der Waals surface area contributed by atoms with Crippen molar-refractivity contribution < 1.29 is 19.4 Å². The number of nitrogens with one attached hydrogen (secondary N) is 1. The van der Waals surface area contributed by atoms with E-state index in [1.165, 1.54) is 0 Å². The first-order chi connectivity index (χ1) is 8.00. The fourth-order valence-corrected chi connectivity index (χ4v) is 1.94. The van der Waals surface area contributed by atoms with Crippen molar-refractivity contribution in [2.45, 2.75) is 39.2 Å². The minimum absolute atomic E-state index is 0.0993. The lowest BCUT2D eigenvalue weighted by molar-refractivity contribution is -0.143. The van der Waals surface area contributed by atoms with Crippen LogP contribution < -0.4 is 5.32 Å². The third kappa shape index (κ3) is 4.73. The topological polar surface area (TPSA) is 75.6 Å². The van der Waals surface area contributed by atoms with Crippen molar-refractivity contribution in [1.29, 1.82) is 0 Å². The van der Waals surface area contributed by atoms with Crippen LogP contribution in [0.2, 0.25) is 0 Å². The van der Waals surface area contributed by atoms with Crippen LogP contribution in [-0.2, 0) is 14.3 Å². The molecule has 0 bridgehead atoms. The smallest absolute Gasteiger partial charge is 0.326 e. The highest BCUT2D eigenvalue weighted by Crippen LogP contribution is 2.15. The number of hydrogen-bond acceptors (Lipinski definition) is 3. The van der Waals surface area contributed by atoms with Crippen molar-refractivity contribution in [3.63, 3.8) is 0 Å². The predicted molar refractivity (Wildman–Crippen MR) is 62.6 cm³/mol. The highest BCUT2D eigenvalue weighted by atomic mass is 16.5. The Labute approximate surface area is 102 Å². The van der Waals surface area contributed by atoms with E-state index >= 15 is 0 Å². The molecule has 0 aromatic rings. The molecule has 1 saturated heterocycles. The van der Waals surface area contributed by atoms with Gasteiger partial charge in [0.1, 0.15) is 6.04 Å². The normalized spacial score (nSPS) is 19.0. The molecule has 0 unspecified atom stereocenters. The minimum Gasteiger partial charge on any atom is -0.480 e. The standard InChI is InChI=1S/C12H21NO4/c1-8(2)7-10(12(15)16)13-11(14)9-3-5-17-6-4-9/h8-10H,3-7H2,1-2H3,(H,13,14)(H,15,16)/t10-/m0/s1. The lowest BCUT2D eigenvalue weighted by Crippen LogP contribution is -2.45. The maximum atomic E-state index is 11.9. The van der Waals surface area contributed by atoms with Crippen LogP contribution in [0.25, 0.3) is 0 Å². The first-order valence-corrected chi connectivity index (χ1v) is 6.11.